The Bertz CT molecular complexity index is 2520. The second-order valence-electron chi connectivity index (χ2n) is 13.3. The van der Waals surface area contributed by atoms with Gasteiger partial charge in [0, 0.05) is 17.4 Å². The van der Waals surface area contributed by atoms with Crippen molar-refractivity contribution in [1.29, 1.82) is 0 Å². The molecule has 0 radical (unpaired) electrons. The average molecular weight is 668 g/mol. The molecule has 0 spiro atoms. The minimum atomic E-state index is -0.510. The van der Waals surface area contributed by atoms with Gasteiger partial charge in [-0.2, -0.15) is 0 Å². The first kappa shape index (κ1) is 30.0. The molecule has 3 nitrogen and oxygen atoms in total. The quantitative estimate of drug-likeness (QED) is 0.176. The summed E-state index contributed by atoms with van der Waals surface area (Å²) in [6, 6.07) is 71.0. The lowest BCUT2D eigenvalue weighted by atomic mass is 9.67. The Morgan fingerprint density at radius 1 is 0.327 bits per heavy atom. The molecule has 2 aliphatic rings. The number of hydrogen-bond donors (Lipinski definition) is 0. The van der Waals surface area contributed by atoms with Crippen molar-refractivity contribution in [3.8, 4) is 45.3 Å². The molecular weight excluding hydrogens is 635 g/mol. The van der Waals surface area contributed by atoms with E-state index in [0.29, 0.717) is 23.0 Å². The van der Waals surface area contributed by atoms with Crippen LogP contribution in [0.15, 0.2) is 200 Å². The largest absolute Gasteiger partial charge is 0.450 e. The third-order valence-electron chi connectivity index (χ3n) is 10.4. The Hall–Kier alpha value is -6.84. The van der Waals surface area contributed by atoms with Crippen LogP contribution in [0.5, 0.6) is 23.0 Å². The van der Waals surface area contributed by atoms with Crippen LogP contribution in [-0.4, -0.2) is 0 Å². The van der Waals surface area contributed by atoms with E-state index in [1.807, 2.05) is 30.3 Å². The molecule has 8 aromatic carbocycles. The Kier molecular flexibility index (Phi) is 7.04. The molecule has 1 heterocycles. The number of nitrogens with zero attached hydrogens (tertiary/aromatic N) is 1. The molecular formula is C49H33NO2. The fraction of sp³-hybridized carbons (Fsp3) is 0.0204. The minimum Gasteiger partial charge on any atom is -0.450 e. The molecule has 0 aromatic heterocycles. The number of benzene rings is 8. The van der Waals surface area contributed by atoms with Crippen LogP contribution in [0.4, 0.5) is 17.1 Å². The molecule has 0 saturated heterocycles. The molecule has 10 rings (SSSR count). The second kappa shape index (κ2) is 12.2. The van der Waals surface area contributed by atoms with E-state index in [2.05, 4.69) is 175 Å². The molecule has 0 unspecified atom stereocenters. The molecule has 246 valence electrons. The molecule has 0 amide bonds. The summed E-state index contributed by atoms with van der Waals surface area (Å²) in [7, 11) is 0. The molecule has 52 heavy (non-hydrogen) atoms. The Morgan fingerprint density at radius 3 is 1.50 bits per heavy atom. The van der Waals surface area contributed by atoms with Crippen molar-refractivity contribution in [3.63, 3.8) is 0 Å². The SMILES string of the molecule is c1ccc(-c2ccc(N(c3ccc4c(c3)Oc3ccccc3O4)c3ccc4c(c3)C(c3ccccc3)(c3ccccc3)c3ccccc3-4)cc2)cc1. The highest BCUT2D eigenvalue weighted by Crippen LogP contribution is 2.57. The number of hydrogen-bond acceptors (Lipinski definition) is 3. The minimum absolute atomic E-state index is 0.510. The molecule has 0 saturated carbocycles. The van der Waals surface area contributed by atoms with Gasteiger partial charge in [0.05, 0.1) is 11.1 Å². The third-order valence-corrected chi connectivity index (χ3v) is 10.4. The maximum atomic E-state index is 6.43. The predicted molar refractivity (Wildman–Crippen MR) is 210 cm³/mol. The normalized spacial score (nSPS) is 13.1. The third kappa shape index (κ3) is 4.74. The van der Waals surface area contributed by atoms with E-state index in [4.69, 9.17) is 9.47 Å². The monoisotopic (exact) mass is 667 g/mol. The van der Waals surface area contributed by atoms with Crippen molar-refractivity contribution in [2.24, 2.45) is 0 Å². The lowest BCUT2D eigenvalue weighted by molar-refractivity contribution is 0.360. The van der Waals surface area contributed by atoms with Crippen molar-refractivity contribution in [2.75, 3.05) is 4.90 Å². The van der Waals surface area contributed by atoms with Gasteiger partial charge in [-0.05, 0) is 93.0 Å². The molecule has 0 bridgehead atoms. The first-order valence-electron chi connectivity index (χ1n) is 17.7. The van der Waals surface area contributed by atoms with Crippen molar-refractivity contribution < 1.29 is 9.47 Å². The molecule has 0 fully saturated rings. The standard InChI is InChI=1S/C49H33NO2/c1-4-14-34(15-5-1)35-24-26-38(27-25-35)50(40-29-31-47-48(33-40)52-46-23-13-12-22-45(46)51-47)39-28-30-42-41-20-10-11-21-43(41)49(44(42)32-39,36-16-6-2-7-17-36)37-18-8-3-9-19-37/h1-33H. The molecule has 0 atom stereocenters. The van der Waals surface area contributed by atoms with Crippen LogP contribution in [0.25, 0.3) is 22.3 Å². The maximum Gasteiger partial charge on any atom is 0.172 e. The van der Waals surface area contributed by atoms with Gasteiger partial charge in [-0.1, -0.05) is 146 Å². The van der Waals surface area contributed by atoms with Crippen LogP contribution in [0.3, 0.4) is 0 Å². The highest BCUT2D eigenvalue weighted by molar-refractivity contribution is 5.90. The lowest BCUT2D eigenvalue weighted by Crippen LogP contribution is -2.28. The van der Waals surface area contributed by atoms with E-state index in [1.54, 1.807) is 0 Å². The summed E-state index contributed by atoms with van der Waals surface area (Å²) >= 11 is 0. The van der Waals surface area contributed by atoms with Gasteiger partial charge in [-0.15, -0.1) is 0 Å². The summed E-state index contributed by atoms with van der Waals surface area (Å²) in [5.41, 5.74) is 12.4. The number of para-hydroxylation sites is 2. The summed E-state index contributed by atoms with van der Waals surface area (Å²) < 4.78 is 12.7. The van der Waals surface area contributed by atoms with E-state index >= 15 is 0 Å². The first-order valence-corrected chi connectivity index (χ1v) is 17.7. The topological polar surface area (TPSA) is 21.7 Å². The molecule has 0 N–H and O–H groups in total. The number of fused-ring (bicyclic) bond motifs is 5. The zero-order valence-corrected chi connectivity index (χ0v) is 28.3. The van der Waals surface area contributed by atoms with Gasteiger partial charge in [0.25, 0.3) is 0 Å². The van der Waals surface area contributed by atoms with Crippen molar-refractivity contribution >= 4 is 17.1 Å². The van der Waals surface area contributed by atoms with E-state index in [-0.39, 0.29) is 0 Å². The summed E-state index contributed by atoms with van der Waals surface area (Å²) in [6.07, 6.45) is 0. The van der Waals surface area contributed by atoms with Crippen molar-refractivity contribution in [3.05, 3.63) is 222 Å². The fourth-order valence-corrected chi connectivity index (χ4v) is 8.11. The zero-order chi connectivity index (χ0) is 34.5. The zero-order valence-electron chi connectivity index (χ0n) is 28.3. The maximum absolute atomic E-state index is 6.43. The highest BCUT2D eigenvalue weighted by atomic mass is 16.6. The van der Waals surface area contributed by atoms with Crippen LogP contribution in [0.1, 0.15) is 22.3 Å². The number of rotatable bonds is 6. The second-order valence-corrected chi connectivity index (χ2v) is 13.3. The van der Waals surface area contributed by atoms with Gasteiger partial charge in [0.2, 0.25) is 0 Å². The molecule has 1 aliphatic carbocycles. The summed E-state index contributed by atoms with van der Waals surface area (Å²) in [5.74, 6) is 2.79. The molecule has 3 heteroatoms. The van der Waals surface area contributed by atoms with Gasteiger partial charge >= 0.3 is 0 Å². The highest BCUT2D eigenvalue weighted by Gasteiger charge is 2.46. The number of ether oxygens (including phenoxy) is 2. The van der Waals surface area contributed by atoms with E-state index < -0.39 is 5.41 Å². The first-order chi connectivity index (χ1) is 25.8. The van der Waals surface area contributed by atoms with Crippen molar-refractivity contribution in [2.45, 2.75) is 5.41 Å². The van der Waals surface area contributed by atoms with Crippen LogP contribution >= 0.6 is 0 Å². The van der Waals surface area contributed by atoms with Gasteiger partial charge in [0.1, 0.15) is 0 Å². The van der Waals surface area contributed by atoms with E-state index in [1.165, 1.54) is 44.5 Å². The van der Waals surface area contributed by atoms with E-state index in [9.17, 15) is 0 Å². The lowest BCUT2D eigenvalue weighted by Gasteiger charge is -2.35. The Balaban J connectivity index is 1.19. The smallest absolute Gasteiger partial charge is 0.172 e. The summed E-state index contributed by atoms with van der Waals surface area (Å²) in [5, 5.41) is 0. The summed E-state index contributed by atoms with van der Waals surface area (Å²) in [4.78, 5) is 2.32. The van der Waals surface area contributed by atoms with Crippen LogP contribution < -0.4 is 14.4 Å². The van der Waals surface area contributed by atoms with Gasteiger partial charge in [-0.3, -0.25) is 0 Å². The van der Waals surface area contributed by atoms with Crippen molar-refractivity contribution in [1.82, 2.24) is 0 Å². The fourth-order valence-electron chi connectivity index (χ4n) is 8.11. The Labute approximate surface area is 303 Å². The Morgan fingerprint density at radius 2 is 0.808 bits per heavy atom. The van der Waals surface area contributed by atoms with Crippen LogP contribution in [-0.2, 0) is 5.41 Å². The van der Waals surface area contributed by atoms with E-state index in [0.717, 1.165) is 17.1 Å². The molecule has 1 aliphatic heterocycles. The van der Waals surface area contributed by atoms with Gasteiger partial charge < -0.3 is 14.4 Å². The van der Waals surface area contributed by atoms with Gasteiger partial charge in [0.15, 0.2) is 23.0 Å². The van der Waals surface area contributed by atoms with Gasteiger partial charge in [-0.25, -0.2) is 0 Å². The summed E-state index contributed by atoms with van der Waals surface area (Å²) in [6.45, 7) is 0. The van der Waals surface area contributed by atoms with Crippen LogP contribution in [0.2, 0.25) is 0 Å². The predicted octanol–water partition coefficient (Wildman–Crippen LogP) is 13.1. The molecule has 8 aromatic rings. The average Bonchev–Trinajstić information content (AvgIpc) is 3.52. The number of anilines is 3. The van der Waals surface area contributed by atoms with Crippen LogP contribution in [0, 0.1) is 0 Å².